The molecule has 8 nitrogen and oxygen atoms in total. The standard InChI is InChI=1S/C19H21N3O5/c1-12(23)21-14-6-8-15(9-7-14)22-18(25)17(24)20-11-19(26,13-4-5-13)16-3-2-10-27-16/h2-3,6-10,13,26H,4-5,11H2,1H3,(H,20,24)(H,21,23)(H,22,25). The lowest BCUT2D eigenvalue weighted by Crippen LogP contribution is -2.45. The second kappa shape index (κ2) is 7.63. The van der Waals surface area contributed by atoms with Crippen LogP contribution in [0.15, 0.2) is 47.1 Å². The van der Waals surface area contributed by atoms with Crippen molar-refractivity contribution < 1.29 is 23.9 Å². The van der Waals surface area contributed by atoms with Crippen molar-refractivity contribution in [2.45, 2.75) is 25.4 Å². The normalized spacial score (nSPS) is 15.5. The zero-order valence-corrected chi connectivity index (χ0v) is 14.8. The summed E-state index contributed by atoms with van der Waals surface area (Å²) in [5.41, 5.74) is -0.329. The van der Waals surface area contributed by atoms with Crippen LogP contribution >= 0.6 is 0 Å². The van der Waals surface area contributed by atoms with Gasteiger partial charge in [-0.05, 0) is 55.2 Å². The van der Waals surface area contributed by atoms with E-state index in [1.165, 1.54) is 13.2 Å². The van der Waals surface area contributed by atoms with Gasteiger partial charge in [-0.25, -0.2) is 0 Å². The fraction of sp³-hybridized carbons (Fsp3) is 0.316. The Hall–Kier alpha value is -3.13. The van der Waals surface area contributed by atoms with Crippen molar-refractivity contribution in [1.29, 1.82) is 0 Å². The average molecular weight is 371 g/mol. The molecule has 1 heterocycles. The third kappa shape index (κ3) is 4.53. The molecule has 1 aliphatic rings. The number of nitrogens with one attached hydrogen (secondary N) is 3. The van der Waals surface area contributed by atoms with Crippen LogP contribution in [-0.4, -0.2) is 29.4 Å². The summed E-state index contributed by atoms with van der Waals surface area (Å²) in [6.07, 6.45) is 3.13. The van der Waals surface area contributed by atoms with Crippen LogP contribution in [0.4, 0.5) is 11.4 Å². The first-order valence-electron chi connectivity index (χ1n) is 8.61. The molecule has 8 heteroatoms. The maximum absolute atomic E-state index is 12.1. The largest absolute Gasteiger partial charge is 0.466 e. The van der Waals surface area contributed by atoms with E-state index in [1.807, 2.05) is 0 Å². The number of hydrogen-bond donors (Lipinski definition) is 4. The summed E-state index contributed by atoms with van der Waals surface area (Å²) >= 11 is 0. The van der Waals surface area contributed by atoms with E-state index >= 15 is 0 Å². The monoisotopic (exact) mass is 371 g/mol. The van der Waals surface area contributed by atoms with Gasteiger partial charge in [0.25, 0.3) is 0 Å². The van der Waals surface area contributed by atoms with E-state index in [2.05, 4.69) is 16.0 Å². The predicted molar refractivity (Wildman–Crippen MR) is 97.7 cm³/mol. The SMILES string of the molecule is CC(=O)Nc1ccc(NC(=O)C(=O)NCC(O)(c2ccco2)C2CC2)cc1. The van der Waals surface area contributed by atoms with Crippen molar-refractivity contribution >= 4 is 29.1 Å². The molecular weight excluding hydrogens is 350 g/mol. The number of aliphatic hydroxyl groups is 1. The van der Waals surface area contributed by atoms with Gasteiger partial charge in [-0.15, -0.1) is 0 Å². The maximum Gasteiger partial charge on any atom is 0.313 e. The fourth-order valence-electron chi connectivity index (χ4n) is 2.84. The highest BCUT2D eigenvalue weighted by atomic mass is 16.4. The Morgan fingerprint density at radius 2 is 1.70 bits per heavy atom. The van der Waals surface area contributed by atoms with Gasteiger partial charge in [-0.1, -0.05) is 0 Å². The van der Waals surface area contributed by atoms with Crippen LogP contribution in [-0.2, 0) is 20.0 Å². The first-order valence-corrected chi connectivity index (χ1v) is 8.61. The Morgan fingerprint density at radius 3 is 2.22 bits per heavy atom. The minimum Gasteiger partial charge on any atom is -0.466 e. The predicted octanol–water partition coefficient (Wildman–Crippen LogP) is 1.59. The van der Waals surface area contributed by atoms with Crippen LogP contribution in [0.25, 0.3) is 0 Å². The molecule has 0 saturated heterocycles. The van der Waals surface area contributed by atoms with Crippen molar-refractivity contribution in [2.24, 2.45) is 5.92 Å². The van der Waals surface area contributed by atoms with Gasteiger partial charge in [0.05, 0.1) is 12.8 Å². The van der Waals surface area contributed by atoms with Gasteiger partial charge in [0.15, 0.2) is 0 Å². The van der Waals surface area contributed by atoms with Gasteiger partial charge >= 0.3 is 11.8 Å². The van der Waals surface area contributed by atoms with E-state index in [1.54, 1.807) is 36.4 Å². The van der Waals surface area contributed by atoms with E-state index in [9.17, 15) is 19.5 Å². The second-order valence-corrected chi connectivity index (χ2v) is 6.57. The number of hydrogen-bond acceptors (Lipinski definition) is 5. The van der Waals surface area contributed by atoms with Crippen molar-refractivity contribution in [3.63, 3.8) is 0 Å². The zero-order valence-electron chi connectivity index (χ0n) is 14.8. The summed E-state index contributed by atoms with van der Waals surface area (Å²) in [6.45, 7) is 1.28. The number of benzene rings is 1. The van der Waals surface area contributed by atoms with Crippen molar-refractivity contribution in [2.75, 3.05) is 17.2 Å². The number of furan rings is 1. The molecule has 4 N–H and O–H groups in total. The van der Waals surface area contributed by atoms with E-state index in [-0.39, 0.29) is 18.4 Å². The van der Waals surface area contributed by atoms with Crippen LogP contribution in [0.1, 0.15) is 25.5 Å². The number of amides is 3. The van der Waals surface area contributed by atoms with Crippen molar-refractivity contribution in [3.05, 3.63) is 48.4 Å². The lowest BCUT2D eigenvalue weighted by molar-refractivity contribution is -0.137. The lowest BCUT2D eigenvalue weighted by atomic mass is 9.94. The molecule has 1 aromatic carbocycles. The third-order valence-corrected chi connectivity index (χ3v) is 4.39. The van der Waals surface area contributed by atoms with Gasteiger partial charge in [0.2, 0.25) is 5.91 Å². The van der Waals surface area contributed by atoms with Crippen LogP contribution in [0.3, 0.4) is 0 Å². The number of carbonyl (C=O) groups excluding carboxylic acids is 3. The quantitative estimate of drug-likeness (QED) is 0.575. The van der Waals surface area contributed by atoms with Gasteiger partial charge in [-0.3, -0.25) is 14.4 Å². The first kappa shape index (κ1) is 18.7. The summed E-state index contributed by atoms with van der Waals surface area (Å²) in [4.78, 5) is 35.2. The summed E-state index contributed by atoms with van der Waals surface area (Å²) in [6, 6.07) is 9.68. The summed E-state index contributed by atoms with van der Waals surface area (Å²) < 4.78 is 5.30. The molecule has 3 amide bonds. The number of carbonyl (C=O) groups is 3. The highest BCUT2D eigenvalue weighted by Gasteiger charge is 2.47. The molecule has 2 aromatic rings. The molecule has 142 valence electrons. The fourth-order valence-corrected chi connectivity index (χ4v) is 2.84. The Kier molecular flexibility index (Phi) is 5.27. The van der Waals surface area contributed by atoms with Crippen LogP contribution in [0, 0.1) is 5.92 Å². The van der Waals surface area contributed by atoms with E-state index in [4.69, 9.17) is 4.42 Å². The molecule has 3 rings (SSSR count). The molecule has 27 heavy (non-hydrogen) atoms. The van der Waals surface area contributed by atoms with E-state index in [0.717, 1.165) is 12.8 Å². The Bertz CT molecular complexity index is 828. The van der Waals surface area contributed by atoms with Crippen molar-refractivity contribution in [3.8, 4) is 0 Å². The molecule has 1 unspecified atom stereocenters. The second-order valence-electron chi connectivity index (χ2n) is 6.57. The highest BCUT2D eigenvalue weighted by Crippen LogP contribution is 2.45. The molecule has 1 atom stereocenters. The molecule has 0 aliphatic heterocycles. The number of anilines is 2. The zero-order chi connectivity index (χ0) is 19.4. The summed E-state index contributed by atoms with van der Waals surface area (Å²) in [7, 11) is 0. The van der Waals surface area contributed by atoms with Gasteiger partial charge < -0.3 is 25.5 Å². The molecule has 0 bridgehead atoms. The van der Waals surface area contributed by atoms with Gasteiger partial charge in [0, 0.05) is 18.3 Å². The topological polar surface area (TPSA) is 121 Å². The highest BCUT2D eigenvalue weighted by molar-refractivity contribution is 6.39. The van der Waals surface area contributed by atoms with Crippen LogP contribution < -0.4 is 16.0 Å². The lowest BCUT2D eigenvalue weighted by Gasteiger charge is -2.26. The van der Waals surface area contributed by atoms with Crippen molar-refractivity contribution in [1.82, 2.24) is 5.32 Å². The molecule has 0 spiro atoms. The van der Waals surface area contributed by atoms with Crippen LogP contribution in [0.5, 0.6) is 0 Å². The smallest absolute Gasteiger partial charge is 0.313 e. The third-order valence-electron chi connectivity index (χ3n) is 4.39. The van der Waals surface area contributed by atoms with Crippen LogP contribution in [0.2, 0.25) is 0 Å². The average Bonchev–Trinajstić information content (AvgIpc) is 3.35. The number of rotatable bonds is 6. The molecule has 0 radical (unpaired) electrons. The van der Waals surface area contributed by atoms with Gasteiger partial charge in [-0.2, -0.15) is 0 Å². The summed E-state index contributed by atoms with van der Waals surface area (Å²) in [5, 5.41) is 18.4. The van der Waals surface area contributed by atoms with E-state index in [0.29, 0.717) is 17.1 Å². The summed E-state index contributed by atoms with van der Waals surface area (Å²) in [5.74, 6) is -1.54. The molecule has 1 aliphatic carbocycles. The molecule has 1 saturated carbocycles. The molecule has 1 aromatic heterocycles. The van der Waals surface area contributed by atoms with Gasteiger partial charge in [0.1, 0.15) is 11.4 Å². The minimum atomic E-state index is -1.32. The Morgan fingerprint density at radius 1 is 1.07 bits per heavy atom. The van der Waals surface area contributed by atoms with E-state index < -0.39 is 17.4 Å². The Balaban J connectivity index is 1.56. The molecular formula is C19H21N3O5. The molecule has 1 fully saturated rings. The maximum atomic E-state index is 12.1. The minimum absolute atomic E-state index is 0.00617. The first-order chi connectivity index (χ1) is 12.9. The Labute approximate surface area is 155 Å².